The van der Waals surface area contributed by atoms with Gasteiger partial charge < -0.3 is 4.90 Å². The number of hydrogen-bond acceptors (Lipinski definition) is 6. The van der Waals surface area contributed by atoms with E-state index in [4.69, 9.17) is 12.2 Å². The number of benzene rings is 1. The molecule has 0 spiro atoms. The molecule has 188 valence electrons. The number of nitriles is 1. The number of nitrogens with zero attached hydrogens (tertiary/aromatic N) is 4. The number of aromatic nitrogens is 1. The van der Waals surface area contributed by atoms with Crippen LogP contribution >= 0.6 is 24.0 Å². The van der Waals surface area contributed by atoms with Crippen molar-refractivity contribution in [3.63, 3.8) is 0 Å². The second kappa shape index (κ2) is 11.9. The number of carbonyl (C=O) groups excluding carboxylic acids is 1. The molecule has 0 radical (unpaired) electrons. The van der Waals surface area contributed by atoms with E-state index in [1.807, 2.05) is 50.3 Å². The van der Waals surface area contributed by atoms with E-state index in [1.165, 1.54) is 24.6 Å². The molecule has 0 aliphatic carbocycles. The molecule has 1 aromatic heterocycles. The molecule has 0 saturated carbocycles. The van der Waals surface area contributed by atoms with Crippen LogP contribution in [0, 0.1) is 18.3 Å². The van der Waals surface area contributed by atoms with Crippen molar-refractivity contribution >= 4 is 46.1 Å². The van der Waals surface area contributed by atoms with Crippen LogP contribution in [0.15, 0.2) is 40.0 Å². The zero-order valence-corrected chi connectivity index (χ0v) is 22.6. The van der Waals surface area contributed by atoms with Crippen molar-refractivity contribution in [2.24, 2.45) is 0 Å². The standard InChI is InChI=1S/C28H32N4O2S2/c1-3-14-31-25(30-15-9-4-5-10-16-30)22(20(2)23(19-29)26(31)33)18-24-27(34)32(28(35)36-24)17-13-21-11-7-6-8-12-21/h6-8,11-12,18H,3-5,9-10,13-17H2,1-2H3/b24-18-. The molecule has 0 unspecified atom stereocenters. The number of amides is 1. The Morgan fingerprint density at radius 2 is 1.78 bits per heavy atom. The van der Waals surface area contributed by atoms with E-state index >= 15 is 0 Å². The second-order valence-electron chi connectivity index (χ2n) is 9.28. The van der Waals surface area contributed by atoms with Gasteiger partial charge in [-0.05, 0) is 49.8 Å². The van der Waals surface area contributed by atoms with Crippen molar-refractivity contribution in [1.82, 2.24) is 9.47 Å². The van der Waals surface area contributed by atoms with Gasteiger partial charge in [-0.25, -0.2) is 0 Å². The monoisotopic (exact) mass is 520 g/mol. The van der Waals surface area contributed by atoms with Gasteiger partial charge in [0.25, 0.3) is 11.5 Å². The Morgan fingerprint density at radius 1 is 1.08 bits per heavy atom. The van der Waals surface area contributed by atoms with Gasteiger partial charge >= 0.3 is 0 Å². The Balaban J connectivity index is 1.76. The third kappa shape index (κ3) is 5.42. The molecule has 4 rings (SSSR count). The number of carbonyl (C=O) groups is 1. The summed E-state index contributed by atoms with van der Waals surface area (Å²) in [4.78, 5) is 31.2. The van der Waals surface area contributed by atoms with E-state index in [1.54, 1.807) is 9.47 Å². The second-order valence-corrected chi connectivity index (χ2v) is 11.0. The number of thioether (sulfide) groups is 1. The average Bonchev–Trinajstić information content (AvgIpc) is 3.04. The zero-order chi connectivity index (χ0) is 25.7. The van der Waals surface area contributed by atoms with Crippen LogP contribution in [0.25, 0.3) is 6.08 Å². The summed E-state index contributed by atoms with van der Waals surface area (Å²) in [6.45, 7) is 6.60. The number of rotatable bonds is 7. The lowest BCUT2D eigenvalue weighted by Crippen LogP contribution is -2.35. The highest BCUT2D eigenvalue weighted by Gasteiger charge is 2.33. The van der Waals surface area contributed by atoms with Gasteiger partial charge in [0.05, 0.1) is 4.91 Å². The molecule has 0 bridgehead atoms. The largest absolute Gasteiger partial charge is 0.357 e. The quantitative estimate of drug-likeness (QED) is 0.366. The van der Waals surface area contributed by atoms with Gasteiger partial charge in [0.1, 0.15) is 21.8 Å². The van der Waals surface area contributed by atoms with Crippen LogP contribution in [0.5, 0.6) is 0 Å². The highest BCUT2D eigenvalue weighted by Crippen LogP contribution is 2.36. The molecule has 6 nitrogen and oxygen atoms in total. The van der Waals surface area contributed by atoms with Gasteiger partial charge in [-0.15, -0.1) is 0 Å². The molecule has 1 aromatic carbocycles. The molecule has 2 aromatic rings. The fraction of sp³-hybridized carbons (Fsp3) is 0.429. The molecule has 2 fully saturated rings. The first-order chi connectivity index (χ1) is 17.5. The highest BCUT2D eigenvalue weighted by atomic mass is 32.2. The first kappa shape index (κ1) is 26.2. The highest BCUT2D eigenvalue weighted by molar-refractivity contribution is 8.26. The van der Waals surface area contributed by atoms with Crippen molar-refractivity contribution in [3.05, 3.63) is 67.8 Å². The van der Waals surface area contributed by atoms with Crippen LogP contribution < -0.4 is 10.5 Å². The smallest absolute Gasteiger partial charge is 0.270 e. The topological polar surface area (TPSA) is 69.3 Å². The van der Waals surface area contributed by atoms with Crippen molar-refractivity contribution in [1.29, 1.82) is 5.26 Å². The van der Waals surface area contributed by atoms with Crippen LogP contribution in [-0.2, 0) is 17.8 Å². The number of pyridine rings is 1. The van der Waals surface area contributed by atoms with Crippen molar-refractivity contribution in [2.75, 3.05) is 24.5 Å². The molecular weight excluding hydrogens is 488 g/mol. The molecule has 2 saturated heterocycles. The normalized spacial score (nSPS) is 17.5. The lowest BCUT2D eigenvalue weighted by atomic mass is 10.0. The first-order valence-electron chi connectivity index (χ1n) is 12.7. The van der Waals surface area contributed by atoms with Gasteiger partial charge in [-0.3, -0.25) is 19.1 Å². The SMILES string of the molecule is CCCn1c(N2CCCCCC2)c(/C=C2\SC(=S)N(CCc3ccccc3)C2=O)c(C)c(C#N)c1=O. The third-order valence-electron chi connectivity index (χ3n) is 6.82. The number of hydrogen-bond donors (Lipinski definition) is 0. The predicted molar refractivity (Wildman–Crippen MR) is 151 cm³/mol. The molecule has 36 heavy (non-hydrogen) atoms. The number of anilines is 1. The lowest BCUT2D eigenvalue weighted by molar-refractivity contribution is -0.122. The average molecular weight is 521 g/mol. The van der Waals surface area contributed by atoms with Crippen molar-refractivity contribution in [3.8, 4) is 6.07 Å². The predicted octanol–water partition coefficient (Wildman–Crippen LogP) is 5.26. The van der Waals surface area contributed by atoms with Crippen LogP contribution in [0.3, 0.4) is 0 Å². The summed E-state index contributed by atoms with van der Waals surface area (Å²) in [7, 11) is 0. The molecule has 2 aliphatic heterocycles. The van der Waals surface area contributed by atoms with E-state index in [9.17, 15) is 14.9 Å². The number of thiocarbonyl (C=S) groups is 1. The fourth-order valence-electron chi connectivity index (χ4n) is 4.91. The maximum atomic E-state index is 13.4. The van der Waals surface area contributed by atoms with E-state index in [-0.39, 0.29) is 17.0 Å². The minimum Gasteiger partial charge on any atom is -0.357 e. The van der Waals surface area contributed by atoms with Crippen LogP contribution in [0.1, 0.15) is 61.3 Å². The van der Waals surface area contributed by atoms with Gasteiger partial charge in [0.15, 0.2) is 0 Å². The zero-order valence-electron chi connectivity index (χ0n) is 21.0. The first-order valence-corrected chi connectivity index (χ1v) is 13.9. The van der Waals surface area contributed by atoms with Gasteiger partial charge in [0, 0.05) is 31.7 Å². The summed E-state index contributed by atoms with van der Waals surface area (Å²) in [5.41, 5.74) is 2.46. The van der Waals surface area contributed by atoms with Crippen molar-refractivity contribution in [2.45, 2.75) is 58.9 Å². The Kier molecular flexibility index (Phi) is 8.65. The molecule has 3 heterocycles. The van der Waals surface area contributed by atoms with Gasteiger partial charge in [-0.1, -0.05) is 74.1 Å². The van der Waals surface area contributed by atoms with E-state index in [0.29, 0.717) is 27.9 Å². The molecule has 1 amide bonds. The Hall–Kier alpha value is -2.89. The molecule has 0 atom stereocenters. The van der Waals surface area contributed by atoms with Crippen LogP contribution in [0.2, 0.25) is 0 Å². The summed E-state index contributed by atoms with van der Waals surface area (Å²) in [6, 6.07) is 12.2. The summed E-state index contributed by atoms with van der Waals surface area (Å²) in [5, 5.41) is 9.84. The third-order valence-corrected chi connectivity index (χ3v) is 8.19. The van der Waals surface area contributed by atoms with E-state index < -0.39 is 0 Å². The molecular formula is C28H32N4O2S2. The van der Waals surface area contributed by atoms with Gasteiger partial charge in [-0.2, -0.15) is 5.26 Å². The Morgan fingerprint density at radius 3 is 2.42 bits per heavy atom. The maximum absolute atomic E-state index is 13.4. The lowest BCUT2D eigenvalue weighted by Gasteiger charge is -2.29. The molecule has 8 heteroatoms. The molecule has 2 aliphatic rings. The molecule has 0 N–H and O–H groups in total. The van der Waals surface area contributed by atoms with E-state index in [0.717, 1.165) is 55.7 Å². The summed E-state index contributed by atoms with van der Waals surface area (Å²) in [6.07, 6.45) is 7.80. The summed E-state index contributed by atoms with van der Waals surface area (Å²) < 4.78 is 2.29. The van der Waals surface area contributed by atoms with Crippen LogP contribution in [0.4, 0.5) is 5.82 Å². The van der Waals surface area contributed by atoms with Crippen LogP contribution in [-0.4, -0.2) is 39.3 Å². The fourth-order valence-corrected chi connectivity index (χ4v) is 6.20. The summed E-state index contributed by atoms with van der Waals surface area (Å²) >= 11 is 6.88. The maximum Gasteiger partial charge on any atom is 0.270 e. The summed E-state index contributed by atoms with van der Waals surface area (Å²) in [5.74, 6) is 0.712. The minimum absolute atomic E-state index is 0.117. The van der Waals surface area contributed by atoms with Gasteiger partial charge in [0.2, 0.25) is 0 Å². The van der Waals surface area contributed by atoms with E-state index in [2.05, 4.69) is 11.0 Å². The minimum atomic E-state index is -0.247. The Labute approximate surface area is 222 Å². The van der Waals surface area contributed by atoms with Crippen molar-refractivity contribution < 1.29 is 4.79 Å². The Bertz CT molecular complexity index is 1270.